The van der Waals surface area contributed by atoms with Crippen LogP contribution in [-0.4, -0.2) is 51.8 Å². The summed E-state index contributed by atoms with van der Waals surface area (Å²) in [6.45, 7) is 2.25. The van der Waals surface area contributed by atoms with Crippen LogP contribution in [0.4, 0.5) is 0 Å². The Morgan fingerprint density at radius 3 is 2.68 bits per heavy atom. The van der Waals surface area contributed by atoms with Gasteiger partial charge >= 0.3 is 0 Å². The number of hydrogen-bond acceptors (Lipinski definition) is 4. The zero-order chi connectivity index (χ0) is 17.5. The molecule has 2 aromatic rings. The normalized spacial score (nSPS) is 15.4. The van der Waals surface area contributed by atoms with Crippen molar-refractivity contribution in [3.63, 3.8) is 0 Å². The van der Waals surface area contributed by atoms with Gasteiger partial charge in [-0.25, -0.2) is 9.67 Å². The third-order valence-electron chi connectivity index (χ3n) is 4.98. The van der Waals surface area contributed by atoms with Gasteiger partial charge in [-0.3, -0.25) is 4.79 Å². The highest BCUT2D eigenvalue weighted by atomic mass is 16.1. The van der Waals surface area contributed by atoms with E-state index in [0.29, 0.717) is 24.7 Å². The van der Waals surface area contributed by atoms with Crippen molar-refractivity contribution in [2.24, 2.45) is 0 Å². The Morgan fingerprint density at radius 2 is 2.00 bits per heavy atom. The molecule has 1 aliphatic carbocycles. The Balaban J connectivity index is 1.43. The van der Waals surface area contributed by atoms with Crippen LogP contribution >= 0.6 is 0 Å². The number of aromatic nitrogens is 3. The van der Waals surface area contributed by atoms with E-state index in [4.69, 9.17) is 0 Å². The van der Waals surface area contributed by atoms with E-state index < -0.39 is 0 Å². The minimum absolute atomic E-state index is 0.00986. The highest BCUT2D eigenvalue weighted by Gasteiger charge is 2.17. The molecule has 0 aliphatic heterocycles. The summed E-state index contributed by atoms with van der Waals surface area (Å²) in [5.74, 6) is -0.00986. The van der Waals surface area contributed by atoms with Gasteiger partial charge < -0.3 is 10.2 Å². The Hall–Kier alpha value is -2.21. The third-order valence-corrected chi connectivity index (χ3v) is 4.98. The Labute approximate surface area is 149 Å². The van der Waals surface area contributed by atoms with Gasteiger partial charge in [0.1, 0.15) is 12.7 Å². The lowest BCUT2D eigenvalue weighted by atomic mass is 9.94. The molecule has 1 aromatic heterocycles. The standard InChI is InChI=1S/C19H27N5O/c1-23(18-5-3-2-4-6-18)12-11-21-19(25)17-9-7-16(8-10-17)13-24-15-20-14-22-24/h7-10,14-15,18H,2-6,11-13H2,1H3,(H,21,25). The van der Waals surface area contributed by atoms with E-state index >= 15 is 0 Å². The number of amides is 1. The smallest absolute Gasteiger partial charge is 0.251 e. The first-order chi connectivity index (χ1) is 12.2. The van der Waals surface area contributed by atoms with Gasteiger partial charge in [-0.05, 0) is 37.6 Å². The average molecular weight is 341 g/mol. The predicted molar refractivity (Wildman–Crippen MR) is 97.4 cm³/mol. The minimum atomic E-state index is -0.00986. The number of nitrogens with zero attached hydrogens (tertiary/aromatic N) is 4. The molecule has 0 spiro atoms. The van der Waals surface area contributed by atoms with Crippen molar-refractivity contribution in [3.8, 4) is 0 Å². The maximum absolute atomic E-state index is 12.3. The van der Waals surface area contributed by atoms with Gasteiger partial charge in [-0.2, -0.15) is 5.10 Å². The Kier molecular flexibility index (Phi) is 6.17. The zero-order valence-corrected chi connectivity index (χ0v) is 14.9. The summed E-state index contributed by atoms with van der Waals surface area (Å²) in [5, 5.41) is 7.11. The van der Waals surface area contributed by atoms with Crippen molar-refractivity contribution in [2.45, 2.75) is 44.7 Å². The van der Waals surface area contributed by atoms with E-state index in [0.717, 1.165) is 12.1 Å². The van der Waals surface area contributed by atoms with Crippen LogP contribution < -0.4 is 5.32 Å². The molecule has 1 amide bonds. The number of likely N-dealkylation sites (N-methyl/N-ethyl adjacent to an activating group) is 1. The second-order valence-corrected chi connectivity index (χ2v) is 6.82. The molecule has 6 nitrogen and oxygen atoms in total. The fourth-order valence-electron chi connectivity index (χ4n) is 3.42. The second kappa shape index (κ2) is 8.76. The minimum Gasteiger partial charge on any atom is -0.351 e. The lowest BCUT2D eigenvalue weighted by Crippen LogP contribution is -2.39. The van der Waals surface area contributed by atoms with Crippen LogP contribution in [0.1, 0.15) is 48.0 Å². The van der Waals surface area contributed by atoms with E-state index in [9.17, 15) is 4.79 Å². The van der Waals surface area contributed by atoms with Gasteiger partial charge in [0.25, 0.3) is 5.91 Å². The average Bonchev–Trinajstić information content (AvgIpc) is 3.16. The van der Waals surface area contributed by atoms with Crippen molar-refractivity contribution in [3.05, 3.63) is 48.0 Å². The van der Waals surface area contributed by atoms with Gasteiger partial charge in [0.05, 0.1) is 6.54 Å². The van der Waals surface area contributed by atoms with Crippen molar-refractivity contribution in [1.82, 2.24) is 25.0 Å². The third kappa shape index (κ3) is 5.13. The topological polar surface area (TPSA) is 63.1 Å². The van der Waals surface area contributed by atoms with Gasteiger partial charge in [-0.1, -0.05) is 31.4 Å². The molecule has 25 heavy (non-hydrogen) atoms. The zero-order valence-electron chi connectivity index (χ0n) is 14.9. The van der Waals surface area contributed by atoms with Crippen molar-refractivity contribution in [2.75, 3.05) is 20.1 Å². The highest BCUT2D eigenvalue weighted by Crippen LogP contribution is 2.21. The van der Waals surface area contributed by atoms with Gasteiger partial charge in [0.2, 0.25) is 0 Å². The number of nitrogens with one attached hydrogen (secondary N) is 1. The van der Waals surface area contributed by atoms with Crippen LogP contribution in [0, 0.1) is 0 Å². The van der Waals surface area contributed by atoms with Gasteiger partial charge in [0.15, 0.2) is 0 Å². The molecule has 0 saturated heterocycles. The molecule has 1 aliphatic rings. The molecule has 134 valence electrons. The van der Waals surface area contributed by atoms with E-state index in [1.807, 2.05) is 24.3 Å². The Bertz CT molecular complexity index is 647. The molecule has 1 fully saturated rings. The monoisotopic (exact) mass is 341 g/mol. The highest BCUT2D eigenvalue weighted by molar-refractivity contribution is 5.94. The number of benzene rings is 1. The summed E-state index contributed by atoms with van der Waals surface area (Å²) in [5.41, 5.74) is 1.79. The molecule has 0 atom stereocenters. The molecule has 1 heterocycles. The molecular formula is C19H27N5O. The Morgan fingerprint density at radius 1 is 1.24 bits per heavy atom. The van der Waals surface area contributed by atoms with Crippen LogP contribution in [0.15, 0.2) is 36.9 Å². The quantitative estimate of drug-likeness (QED) is 0.839. The second-order valence-electron chi connectivity index (χ2n) is 6.82. The number of carbonyl (C=O) groups excluding carboxylic acids is 1. The molecule has 1 saturated carbocycles. The fourth-order valence-corrected chi connectivity index (χ4v) is 3.42. The van der Waals surface area contributed by atoms with Crippen molar-refractivity contribution >= 4 is 5.91 Å². The molecule has 1 aromatic carbocycles. The first kappa shape index (κ1) is 17.6. The van der Waals surface area contributed by atoms with Crippen LogP contribution in [0.2, 0.25) is 0 Å². The first-order valence-electron chi connectivity index (χ1n) is 9.12. The van der Waals surface area contributed by atoms with Gasteiger partial charge in [-0.15, -0.1) is 0 Å². The lowest BCUT2D eigenvalue weighted by Gasteiger charge is -2.31. The summed E-state index contributed by atoms with van der Waals surface area (Å²) in [7, 11) is 2.17. The summed E-state index contributed by atoms with van der Waals surface area (Å²) < 4.78 is 1.76. The predicted octanol–water partition coefficient (Wildman–Crippen LogP) is 2.32. The van der Waals surface area contributed by atoms with Crippen molar-refractivity contribution < 1.29 is 4.79 Å². The summed E-state index contributed by atoms with van der Waals surface area (Å²) >= 11 is 0. The lowest BCUT2D eigenvalue weighted by molar-refractivity contribution is 0.0944. The summed E-state index contributed by atoms with van der Waals surface area (Å²) in [4.78, 5) is 18.6. The maximum Gasteiger partial charge on any atom is 0.251 e. The molecule has 0 bridgehead atoms. The van der Waals surface area contributed by atoms with Crippen LogP contribution in [-0.2, 0) is 6.54 Å². The first-order valence-corrected chi connectivity index (χ1v) is 9.12. The van der Waals surface area contributed by atoms with Crippen molar-refractivity contribution in [1.29, 1.82) is 0 Å². The van der Waals surface area contributed by atoms with Crippen LogP contribution in [0.25, 0.3) is 0 Å². The molecule has 3 rings (SSSR count). The molecule has 0 radical (unpaired) electrons. The SMILES string of the molecule is CN(CCNC(=O)c1ccc(Cn2cncn2)cc1)C1CCCCC1. The maximum atomic E-state index is 12.3. The fraction of sp³-hybridized carbons (Fsp3) is 0.526. The molecule has 0 unspecified atom stereocenters. The van der Waals surface area contributed by atoms with Crippen LogP contribution in [0.5, 0.6) is 0 Å². The summed E-state index contributed by atoms with van der Waals surface area (Å²) in [6, 6.07) is 8.34. The number of rotatable bonds is 7. The van der Waals surface area contributed by atoms with E-state index in [1.165, 1.54) is 38.4 Å². The number of hydrogen-bond donors (Lipinski definition) is 1. The summed E-state index contributed by atoms with van der Waals surface area (Å²) in [6.07, 6.45) is 9.82. The van der Waals surface area contributed by atoms with E-state index in [1.54, 1.807) is 11.0 Å². The van der Waals surface area contributed by atoms with E-state index in [-0.39, 0.29) is 5.91 Å². The van der Waals surface area contributed by atoms with Gasteiger partial charge in [0, 0.05) is 24.7 Å². The van der Waals surface area contributed by atoms with E-state index in [2.05, 4.69) is 27.3 Å². The van der Waals surface area contributed by atoms with Crippen LogP contribution in [0.3, 0.4) is 0 Å². The molecular weight excluding hydrogens is 314 g/mol. The molecule has 6 heteroatoms. The largest absolute Gasteiger partial charge is 0.351 e. The molecule has 1 N–H and O–H groups in total. The number of carbonyl (C=O) groups is 1.